The van der Waals surface area contributed by atoms with Crippen molar-refractivity contribution in [3.8, 4) is 0 Å². The lowest BCUT2D eigenvalue weighted by molar-refractivity contribution is -0.115. The second-order valence-electron chi connectivity index (χ2n) is 5.67. The standard InChI is InChI=1S/C19H16ClFN2OS/c1-11-9-18(22-16-6-4-3-5-14(11)16)25-12(2)19(24)23-17-8-7-13(21)10-15(17)20/h3-10,12H,1-2H3,(H,23,24)/t12-/m1/s1. The van der Waals surface area contributed by atoms with Crippen LogP contribution in [0.1, 0.15) is 12.5 Å². The number of carbonyl (C=O) groups excluding carboxylic acids is 1. The highest BCUT2D eigenvalue weighted by Crippen LogP contribution is 2.28. The number of aryl methyl sites for hydroxylation is 1. The molecule has 0 fully saturated rings. The van der Waals surface area contributed by atoms with Crippen molar-refractivity contribution in [2.75, 3.05) is 5.32 Å². The molecule has 2 aromatic carbocycles. The molecule has 1 N–H and O–H groups in total. The maximum atomic E-state index is 13.1. The second-order valence-corrected chi connectivity index (χ2v) is 7.44. The van der Waals surface area contributed by atoms with Crippen LogP contribution in [0.5, 0.6) is 0 Å². The zero-order valence-corrected chi connectivity index (χ0v) is 15.3. The van der Waals surface area contributed by atoms with Gasteiger partial charge in [0.25, 0.3) is 0 Å². The first kappa shape index (κ1) is 17.7. The van der Waals surface area contributed by atoms with E-state index in [4.69, 9.17) is 11.6 Å². The fourth-order valence-corrected chi connectivity index (χ4v) is 3.58. The summed E-state index contributed by atoms with van der Waals surface area (Å²) in [6, 6.07) is 13.8. The Bertz CT molecular complexity index is 948. The lowest BCUT2D eigenvalue weighted by Gasteiger charge is -2.13. The fraction of sp³-hybridized carbons (Fsp3) is 0.158. The Morgan fingerprint density at radius 2 is 2.00 bits per heavy atom. The summed E-state index contributed by atoms with van der Waals surface area (Å²) >= 11 is 7.32. The number of para-hydroxylation sites is 1. The predicted molar refractivity (Wildman–Crippen MR) is 102 cm³/mol. The Balaban J connectivity index is 1.75. The molecule has 0 saturated heterocycles. The highest BCUT2D eigenvalue weighted by atomic mass is 35.5. The molecular weight excluding hydrogens is 359 g/mol. The molecule has 128 valence electrons. The summed E-state index contributed by atoms with van der Waals surface area (Å²) in [5, 5.41) is 4.39. The Hall–Kier alpha value is -2.11. The monoisotopic (exact) mass is 374 g/mol. The van der Waals surface area contributed by atoms with E-state index < -0.39 is 5.82 Å². The summed E-state index contributed by atoms with van der Waals surface area (Å²) in [7, 11) is 0. The third-order valence-electron chi connectivity index (χ3n) is 3.76. The van der Waals surface area contributed by atoms with Crippen molar-refractivity contribution in [3.05, 3.63) is 64.9 Å². The molecule has 6 heteroatoms. The first-order valence-corrected chi connectivity index (χ1v) is 8.99. The highest BCUT2D eigenvalue weighted by molar-refractivity contribution is 8.00. The van der Waals surface area contributed by atoms with Gasteiger partial charge >= 0.3 is 0 Å². The number of fused-ring (bicyclic) bond motifs is 1. The molecule has 1 atom stereocenters. The number of nitrogens with zero attached hydrogens (tertiary/aromatic N) is 1. The topological polar surface area (TPSA) is 42.0 Å². The molecule has 0 aliphatic heterocycles. The molecule has 3 rings (SSSR count). The van der Waals surface area contributed by atoms with Crippen LogP contribution in [-0.2, 0) is 4.79 Å². The largest absolute Gasteiger partial charge is 0.324 e. The van der Waals surface area contributed by atoms with E-state index in [-0.39, 0.29) is 16.2 Å². The van der Waals surface area contributed by atoms with Gasteiger partial charge in [0.1, 0.15) is 5.82 Å². The van der Waals surface area contributed by atoms with E-state index in [0.717, 1.165) is 21.5 Å². The van der Waals surface area contributed by atoms with Gasteiger partial charge in [-0.2, -0.15) is 0 Å². The molecule has 1 heterocycles. The molecule has 25 heavy (non-hydrogen) atoms. The van der Waals surface area contributed by atoms with E-state index in [9.17, 15) is 9.18 Å². The molecule has 1 aromatic heterocycles. The van der Waals surface area contributed by atoms with Gasteiger partial charge in [-0.25, -0.2) is 9.37 Å². The number of aromatic nitrogens is 1. The molecule has 3 aromatic rings. The average Bonchev–Trinajstić information content (AvgIpc) is 2.57. The molecule has 0 unspecified atom stereocenters. The van der Waals surface area contributed by atoms with Crippen molar-refractivity contribution in [1.82, 2.24) is 4.98 Å². The molecule has 3 nitrogen and oxygen atoms in total. The van der Waals surface area contributed by atoms with Crippen LogP contribution >= 0.6 is 23.4 Å². The SMILES string of the molecule is Cc1cc(S[C@H](C)C(=O)Nc2ccc(F)cc2Cl)nc2ccccc12. The quantitative estimate of drug-likeness (QED) is 0.617. The van der Waals surface area contributed by atoms with Crippen LogP contribution in [0.3, 0.4) is 0 Å². The van der Waals surface area contributed by atoms with Crippen LogP contribution in [0.4, 0.5) is 10.1 Å². The third-order valence-corrected chi connectivity index (χ3v) is 5.09. The summed E-state index contributed by atoms with van der Waals surface area (Å²) in [4.78, 5) is 17.0. The van der Waals surface area contributed by atoms with Crippen molar-refractivity contribution in [2.45, 2.75) is 24.1 Å². The Morgan fingerprint density at radius 3 is 2.76 bits per heavy atom. The number of hydrogen-bond donors (Lipinski definition) is 1. The van der Waals surface area contributed by atoms with Crippen molar-refractivity contribution in [1.29, 1.82) is 0 Å². The van der Waals surface area contributed by atoms with E-state index in [1.165, 1.54) is 30.0 Å². The van der Waals surface area contributed by atoms with E-state index in [2.05, 4.69) is 10.3 Å². The summed E-state index contributed by atoms with van der Waals surface area (Å²) < 4.78 is 13.1. The lowest BCUT2D eigenvalue weighted by Crippen LogP contribution is -2.22. The minimum absolute atomic E-state index is 0.172. The second kappa shape index (κ2) is 7.42. The molecule has 1 amide bonds. The Labute approximate surface area is 154 Å². The van der Waals surface area contributed by atoms with Gasteiger partial charge < -0.3 is 5.32 Å². The minimum atomic E-state index is -0.443. The van der Waals surface area contributed by atoms with Gasteiger partial charge in [-0.1, -0.05) is 41.6 Å². The van der Waals surface area contributed by atoms with Gasteiger partial charge in [0.05, 0.1) is 26.5 Å². The van der Waals surface area contributed by atoms with Crippen LogP contribution < -0.4 is 5.32 Å². The molecule has 0 radical (unpaired) electrons. The van der Waals surface area contributed by atoms with E-state index in [0.29, 0.717) is 5.69 Å². The normalized spacial score (nSPS) is 12.2. The van der Waals surface area contributed by atoms with E-state index in [1.807, 2.05) is 37.3 Å². The summed E-state index contributed by atoms with van der Waals surface area (Å²) in [5.41, 5.74) is 2.41. The highest BCUT2D eigenvalue weighted by Gasteiger charge is 2.17. The number of anilines is 1. The first-order chi connectivity index (χ1) is 11.9. The van der Waals surface area contributed by atoms with Crippen LogP contribution in [0.25, 0.3) is 10.9 Å². The number of thioether (sulfide) groups is 1. The molecule has 0 aliphatic carbocycles. The Morgan fingerprint density at radius 1 is 1.24 bits per heavy atom. The molecule has 0 saturated carbocycles. The Kier molecular flexibility index (Phi) is 5.25. The van der Waals surface area contributed by atoms with Crippen LogP contribution in [0, 0.1) is 12.7 Å². The summed E-state index contributed by atoms with van der Waals surface area (Å²) in [5.74, 6) is -0.660. The van der Waals surface area contributed by atoms with Gasteiger partial charge in [0.2, 0.25) is 5.91 Å². The maximum absolute atomic E-state index is 13.1. The lowest BCUT2D eigenvalue weighted by atomic mass is 10.1. The number of rotatable bonds is 4. The summed E-state index contributed by atoms with van der Waals surface area (Å²) in [6.07, 6.45) is 0. The van der Waals surface area contributed by atoms with Crippen LogP contribution in [0.2, 0.25) is 5.02 Å². The number of pyridine rings is 1. The molecule has 0 aliphatic rings. The number of nitrogens with one attached hydrogen (secondary N) is 1. The zero-order valence-electron chi connectivity index (χ0n) is 13.7. The molecule has 0 bridgehead atoms. The molecule has 0 spiro atoms. The number of benzene rings is 2. The number of carbonyl (C=O) groups is 1. The van der Waals surface area contributed by atoms with E-state index >= 15 is 0 Å². The van der Waals surface area contributed by atoms with Crippen LogP contribution in [-0.4, -0.2) is 16.1 Å². The third kappa shape index (κ3) is 4.11. The maximum Gasteiger partial charge on any atom is 0.237 e. The van der Waals surface area contributed by atoms with Gasteiger partial charge in [-0.3, -0.25) is 4.79 Å². The van der Waals surface area contributed by atoms with Crippen molar-refractivity contribution < 1.29 is 9.18 Å². The van der Waals surface area contributed by atoms with Crippen molar-refractivity contribution >= 4 is 45.9 Å². The van der Waals surface area contributed by atoms with Crippen molar-refractivity contribution in [3.63, 3.8) is 0 Å². The van der Waals surface area contributed by atoms with Gasteiger partial charge in [0, 0.05) is 5.39 Å². The minimum Gasteiger partial charge on any atom is -0.324 e. The number of halogens is 2. The first-order valence-electron chi connectivity index (χ1n) is 7.73. The zero-order chi connectivity index (χ0) is 18.0. The van der Waals surface area contributed by atoms with Crippen molar-refractivity contribution in [2.24, 2.45) is 0 Å². The summed E-state index contributed by atoms with van der Waals surface area (Å²) in [6.45, 7) is 3.82. The number of amides is 1. The van der Waals surface area contributed by atoms with Crippen LogP contribution in [0.15, 0.2) is 53.6 Å². The van der Waals surface area contributed by atoms with Gasteiger partial charge in [-0.15, -0.1) is 0 Å². The smallest absolute Gasteiger partial charge is 0.237 e. The number of hydrogen-bond acceptors (Lipinski definition) is 3. The average molecular weight is 375 g/mol. The fourth-order valence-electron chi connectivity index (χ4n) is 2.44. The predicted octanol–water partition coefficient (Wildman–Crippen LogP) is 5.46. The molecular formula is C19H16ClFN2OS. The van der Waals surface area contributed by atoms with Gasteiger partial charge in [0.15, 0.2) is 0 Å². The van der Waals surface area contributed by atoms with E-state index in [1.54, 1.807) is 6.92 Å². The van der Waals surface area contributed by atoms with Gasteiger partial charge in [-0.05, 0) is 49.7 Å².